The zero-order valence-electron chi connectivity index (χ0n) is 9.24. The SMILES string of the molecule is COC(=O)CC(CNO)c1cc(F)ccc1F. The zero-order valence-corrected chi connectivity index (χ0v) is 9.24. The number of halogens is 2. The summed E-state index contributed by atoms with van der Waals surface area (Å²) in [4.78, 5) is 11.1. The molecule has 1 aromatic rings. The van der Waals surface area contributed by atoms with E-state index in [-0.39, 0.29) is 18.5 Å². The minimum atomic E-state index is -0.692. The summed E-state index contributed by atoms with van der Waals surface area (Å²) >= 11 is 0. The lowest BCUT2D eigenvalue weighted by molar-refractivity contribution is -0.141. The molecule has 17 heavy (non-hydrogen) atoms. The lowest BCUT2D eigenvalue weighted by Gasteiger charge is -2.15. The lowest BCUT2D eigenvalue weighted by atomic mass is 9.95. The van der Waals surface area contributed by atoms with Gasteiger partial charge < -0.3 is 9.94 Å². The number of carbonyl (C=O) groups is 1. The molecule has 0 amide bonds. The van der Waals surface area contributed by atoms with Crippen LogP contribution in [-0.4, -0.2) is 24.8 Å². The molecule has 0 saturated carbocycles. The van der Waals surface area contributed by atoms with Crippen LogP contribution in [0.4, 0.5) is 8.78 Å². The molecule has 0 fully saturated rings. The molecule has 1 rings (SSSR count). The summed E-state index contributed by atoms with van der Waals surface area (Å²) in [5, 5.41) is 8.63. The maximum Gasteiger partial charge on any atom is 0.306 e. The number of hydrogen-bond acceptors (Lipinski definition) is 4. The number of benzene rings is 1. The molecular formula is C11H13F2NO3. The van der Waals surface area contributed by atoms with Gasteiger partial charge in [-0.2, -0.15) is 0 Å². The quantitative estimate of drug-likeness (QED) is 0.611. The predicted octanol–water partition coefficient (Wildman–Crippen LogP) is 1.59. The van der Waals surface area contributed by atoms with Gasteiger partial charge in [0, 0.05) is 12.5 Å². The van der Waals surface area contributed by atoms with E-state index >= 15 is 0 Å². The maximum atomic E-state index is 13.5. The zero-order chi connectivity index (χ0) is 12.8. The van der Waals surface area contributed by atoms with Crippen molar-refractivity contribution in [1.29, 1.82) is 0 Å². The Bertz CT molecular complexity index is 398. The van der Waals surface area contributed by atoms with Crippen molar-refractivity contribution in [2.75, 3.05) is 13.7 Å². The maximum absolute atomic E-state index is 13.5. The average molecular weight is 245 g/mol. The summed E-state index contributed by atoms with van der Waals surface area (Å²) in [7, 11) is 1.20. The number of carbonyl (C=O) groups excluding carboxylic acids is 1. The second-order valence-electron chi connectivity index (χ2n) is 3.51. The summed E-state index contributed by atoms with van der Waals surface area (Å²) in [6, 6.07) is 2.97. The topological polar surface area (TPSA) is 58.6 Å². The van der Waals surface area contributed by atoms with Crippen LogP contribution in [0.2, 0.25) is 0 Å². The Labute approximate surface area is 97.2 Å². The van der Waals surface area contributed by atoms with Gasteiger partial charge in [0.1, 0.15) is 11.6 Å². The van der Waals surface area contributed by atoms with Crippen molar-refractivity contribution in [1.82, 2.24) is 5.48 Å². The summed E-state index contributed by atoms with van der Waals surface area (Å²) in [5.74, 6) is -2.48. The first-order valence-electron chi connectivity index (χ1n) is 4.97. The van der Waals surface area contributed by atoms with Gasteiger partial charge >= 0.3 is 5.97 Å². The van der Waals surface area contributed by atoms with Gasteiger partial charge in [0.05, 0.1) is 13.5 Å². The van der Waals surface area contributed by atoms with E-state index in [1.54, 1.807) is 0 Å². The van der Waals surface area contributed by atoms with E-state index < -0.39 is 23.5 Å². The molecule has 0 saturated heterocycles. The third-order valence-electron chi connectivity index (χ3n) is 2.38. The van der Waals surface area contributed by atoms with Crippen LogP contribution in [0.5, 0.6) is 0 Å². The predicted molar refractivity (Wildman–Crippen MR) is 55.5 cm³/mol. The Morgan fingerprint density at radius 3 is 2.82 bits per heavy atom. The summed E-state index contributed by atoms with van der Waals surface area (Å²) in [5.41, 5.74) is 1.87. The van der Waals surface area contributed by atoms with Crippen LogP contribution in [-0.2, 0) is 9.53 Å². The smallest absolute Gasteiger partial charge is 0.306 e. The minimum absolute atomic E-state index is 0.0250. The van der Waals surface area contributed by atoms with E-state index in [9.17, 15) is 13.6 Å². The summed E-state index contributed by atoms with van der Waals surface area (Å²) in [6.07, 6.45) is -0.148. The molecule has 1 unspecified atom stereocenters. The van der Waals surface area contributed by atoms with Crippen molar-refractivity contribution in [2.45, 2.75) is 12.3 Å². The Morgan fingerprint density at radius 2 is 2.24 bits per heavy atom. The van der Waals surface area contributed by atoms with Crippen LogP contribution in [0.3, 0.4) is 0 Å². The number of hydroxylamine groups is 1. The Hall–Kier alpha value is -1.53. The number of esters is 1. The van der Waals surface area contributed by atoms with E-state index in [4.69, 9.17) is 5.21 Å². The summed E-state index contributed by atoms with van der Waals surface area (Å²) < 4.78 is 30.9. The highest BCUT2D eigenvalue weighted by Gasteiger charge is 2.20. The van der Waals surface area contributed by atoms with Crippen LogP contribution >= 0.6 is 0 Å². The molecular weight excluding hydrogens is 232 g/mol. The molecule has 0 aliphatic heterocycles. The van der Waals surface area contributed by atoms with Gasteiger partial charge in [-0.25, -0.2) is 14.3 Å². The second kappa shape index (κ2) is 6.27. The molecule has 0 spiro atoms. The van der Waals surface area contributed by atoms with Crippen molar-refractivity contribution in [3.63, 3.8) is 0 Å². The van der Waals surface area contributed by atoms with Crippen LogP contribution in [0, 0.1) is 11.6 Å². The highest BCUT2D eigenvalue weighted by Crippen LogP contribution is 2.23. The van der Waals surface area contributed by atoms with Gasteiger partial charge in [-0.05, 0) is 23.8 Å². The fraction of sp³-hybridized carbons (Fsp3) is 0.364. The van der Waals surface area contributed by atoms with Crippen LogP contribution in [0.25, 0.3) is 0 Å². The van der Waals surface area contributed by atoms with Gasteiger partial charge in [-0.3, -0.25) is 4.79 Å². The van der Waals surface area contributed by atoms with Crippen molar-refractivity contribution >= 4 is 5.97 Å². The number of nitrogens with one attached hydrogen (secondary N) is 1. The number of hydrogen-bond donors (Lipinski definition) is 2. The van der Waals surface area contributed by atoms with E-state index in [1.165, 1.54) is 7.11 Å². The minimum Gasteiger partial charge on any atom is -0.469 e. The van der Waals surface area contributed by atoms with Crippen LogP contribution in [0.1, 0.15) is 17.9 Å². The third-order valence-corrected chi connectivity index (χ3v) is 2.38. The fourth-order valence-corrected chi connectivity index (χ4v) is 1.51. The second-order valence-corrected chi connectivity index (χ2v) is 3.51. The first kappa shape index (κ1) is 13.5. The Kier molecular flexibility index (Phi) is 4.99. The van der Waals surface area contributed by atoms with E-state index in [2.05, 4.69) is 4.74 Å². The van der Waals surface area contributed by atoms with Crippen molar-refractivity contribution in [3.05, 3.63) is 35.4 Å². The molecule has 1 atom stereocenters. The summed E-state index contributed by atoms with van der Waals surface area (Å²) in [6.45, 7) is -0.0739. The number of methoxy groups -OCH3 is 1. The van der Waals surface area contributed by atoms with Crippen LogP contribution < -0.4 is 5.48 Å². The number of ether oxygens (including phenoxy) is 1. The van der Waals surface area contributed by atoms with E-state index in [0.717, 1.165) is 18.2 Å². The number of rotatable bonds is 5. The molecule has 0 heterocycles. The van der Waals surface area contributed by atoms with E-state index in [0.29, 0.717) is 0 Å². The molecule has 6 heteroatoms. The van der Waals surface area contributed by atoms with Gasteiger partial charge in [0.2, 0.25) is 0 Å². The molecule has 0 aliphatic carbocycles. The molecule has 4 nitrogen and oxygen atoms in total. The Balaban J connectivity index is 2.95. The van der Waals surface area contributed by atoms with Gasteiger partial charge in [0.15, 0.2) is 0 Å². The highest BCUT2D eigenvalue weighted by atomic mass is 19.1. The lowest BCUT2D eigenvalue weighted by Crippen LogP contribution is -2.22. The van der Waals surface area contributed by atoms with Crippen molar-refractivity contribution in [2.24, 2.45) is 0 Å². The Morgan fingerprint density at radius 1 is 1.53 bits per heavy atom. The molecule has 0 bridgehead atoms. The fourth-order valence-electron chi connectivity index (χ4n) is 1.51. The molecule has 94 valence electrons. The third kappa shape index (κ3) is 3.76. The molecule has 0 aliphatic rings. The first-order chi connectivity index (χ1) is 8.08. The molecule has 0 radical (unpaired) electrons. The van der Waals surface area contributed by atoms with Crippen molar-refractivity contribution in [3.8, 4) is 0 Å². The standard InChI is InChI=1S/C11H13F2NO3/c1-17-11(15)4-7(6-14-16)9-5-8(12)2-3-10(9)13/h2-3,5,7,14,16H,4,6H2,1H3. The van der Waals surface area contributed by atoms with Gasteiger partial charge in [0.25, 0.3) is 0 Å². The van der Waals surface area contributed by atoms with E-state index in [1.807, 2.05) is 5.48 Å². The monoisotopic (exact) mass is 245 g/mol. The normalized spacial score (nSPS) is 12.2. The molecule has 0 aromatic heterocycles. The van der Waals surface area contributed by atoms with Crippen molar-refractivity contribution < 1.29 is 23.5 Å². The molecule has 2 N–H and O–H groups in total. The van der Waals surface area contributed by atoms with Crippen LogP contribution in [0.15, 0.2) is 18.2 Å². The van der Waals surface area contributed by atoms with Gasteiger partial charge in [-0.15, -0.1) is 0 Å². The van der Waals surface area contributed by atoms with Gasteiger partial charge in [-0.1, -0.05) is 0 Å². The largest absolute Gasteiger partial charge is 0.469 e. The first-order valence-corrected chi connectivity index (χ1v) is 4.97. The highest BCUT2D eigenvalue weighted by molar-refractivity contribution is 5.70. The molecule has 1 aromatic carbocycles. The average Bonchev–Trinajstić information content (AvgIpc) is 2.31.